The molecule has 1 aliphatic heterocycles. The Hall–Kier alpha value is -0.870. The van der Waals surface area contributed by atoms with Gasteiger partial charge >= 0.3 is 5.97 Å². The molecule has 1 aromatic rings. The summed E-state index contributed by atoms with van der Waals surface area (Å²) in [6, 6.07) is 0. The molecule has 0 saturated carbocycles. The summed E-state index contributed by atoms with van der Waals surface area (Å²) < 4.78 is 5.47. The molecule has 0 amide bonds. The van der Waals surface area contributed by atoms with Gasteiger partial charge in [0, 0.05) is 16.2 Å². The second-order valence-electron chi connectivity index (χ2n) is 3.57. The lowest BCUT2D eigenvalue weighted by Crippen LogP contribution is -2.19. The zero-order chi connectivity index (χ0) is 10.3. The third-order valence-corrected chi connectivity index (χ3v) is 3.59. The zero-order valence-corrected chi connectivity index (χ0v) is 8.98. The van der Waals surface area contributed by atoms with Crippen LogP contribution in [-0.2, 0) is 17.8 Å². The quantitative estimate of drug-likeness (QED) is 0.776. The van der Waals surface area contributed by atoms with Crippen molar-refractivity contribution < 1.29 is 14.6 Å². The number of fused-ring (bicyclic) bond motifs is 1. The molecular formula is C10H12O3S. The fourth-order valence-corrected chi connectivity index (χ4v) is 2.94. The van der Waals surface area contributed by atoms with Crippen molar-refractivity contribution >= 4 is 17.3 Å². The minimum Gasteiger partial charge on any atom is -0.478 e. The fourth-order valence-electron chi connectivity index (χ4n) is 1.83. The molecular weight excluding hydrogens is 200 g/mol. The van der Waals surface area contributed by atoms with Gasteiger partial charge in [-0.25, -0.2) is 4.79 Å². The summed E-state index contributed by atoms with van der Waals surface area (Å²) in [5.41, 5.74) is 1.49. The van der Waals surface area contributed by atoms with Crippen LogP contribution in [0, 0.1) is 6.92 Å². The molecule has 1 aliphatic rings. The van der Waals surface area contributed by atoms with E-state index in [1.165, 1.54) is 0 Å². The average molecular weight is 212 g/mol. The highest BCUT2D eigenvalue weighted by molar-refractivity contribution is 7.12. The predicted molar refractivity (Wildman–Crippen MR) is 54.0 cm³/mol. The molecule has 2 rings (SSSR count). The Kier molecular flexibility index (Phi) is 2.33. The molecule has 0 saturated heterocycles. The molecule has 76 valence electrons. The maximum atomic E-state index is 11.0. The number of rotatable bonds is 1. The summed E-state index contributed by atoms with van der Waals surface area (Å²) in [4.78, 5) is 13.0. The SMILES string of the molecule is Cc1sc2c(c1C(=O)O)CC(C)OC2. The zero-order valence-electron chi connectivity index (χ0n) is 8.16. The highest BCUT2D eigenvalue weighted by atomic mass is 32.1. The first-order valence-electron chi connectivity index (χ1n) is 4.55. The van der Waals surface area contributed by atoms with Crippen molar-refractivity contribution in [2.45, 2.75) is 33.0 Å². The van der Waals surface area contributed by atoms with Crippen LogP contribution in [0.1, 0.15) is 32.6 Å². The van der Waals surface area contributed by atoms with Crippen LogP contribution in [0.15, 0.2) is 0 Å². The van der Waals surface area contributed by atoms with Crippen LogP contribution >= 0.6 is 11.3 Å². The first-order valence-corrected chi connectivity index (χ1v) is 5.37. The summed E-state index contributed by atoms with van der Waals surface area (Å²) in [7, 11) is 0. The number of carboxylic acid groups (broad SMARTS) is 1. The van der Waals surface area contributed by atoms with Gasteiger partial charge in [-0.05, 0) is 19.4 Å². The first kappa shape index (κ1) is 9.68. The molecule has 0 bridgehead atoms. The van der Waals surface area contributed by atoms with Crippen molar-refractivity contribution in [3.63, 3.8) is 0 Å². The Bertz CT molecular complexity index is 381. The molecule has 2 heterocycles. The average Bonchev–Trinajstić information content (AvgIpc) is 2.40. The van der Waals surface area contributed by atoms with Crippen LogP contribution < -0.4 is 0 Å². The van der Waals surface area contributed by atoms with Gasteiger partial charge in [0.05, 0.1) is 18.3 Å². The Balaban J connectivity index is 2.50. The number of thiophene rings is 1. The van der Waals surface area contributed by atoms with Crippen molar-refractivity contribution in [3.8, 4) is 0 Å². The lowest BCUT2D eigenvalue weighted by Gasteiger charge is -2.19. The van der Waals surface area contributed by atoms with Crippen LogP contribution in [-0.4, -0.2) is 17.2 Å². The topological polar surface area (TPSA) is 46.5 Å². The first-order chi connectivity index (χ1) is 6.59. The summed E-state index contributed by atoms with van der Waals surface area (Å²) in [6.45, 7) is 4.40. The molecule has 3 nitrogen and oxygen atoms in total. The Morgan fingerprint density at radius 1 is 1.64 bits per heavy atom. The number of carbonyl (C=O) groups is 1. The molecule has 1 unspecified atom stereocenters. The van der Waals surface area contributed by atoms with Gasteiger partial charge in [0.15, 0.2) is 0 Å². The summed E-state index contributed by atoms with van der Waals surface area (Å²) in [5.74, 6) is -0.811. The van der Waals surface area contributed by atoms with E-state index in [4.69, 9.17) is 9.84 Å². The van der Waals surface area contributed by atoms with Gasteiger partial charge in [-0.1, -0.05) is 0 Å². The van der Waals surface area contributed by atoms with E-state index in [1.54, 1.807) is 11.3 Å². The minimum atomic E-state index is -0.811. The second-order valence-corrected chi connectivity index (χ2v) is 4.88. The lowest BCUT2D eigenvalue weighted by atomic mass is 10.0. The highest BCUT2D eigenvalue weighted by Gasteiger charge is 2.25. The number of aryl methyl sites for hydroxylation is 1. The normalized spacial score (nSPS) is 20.6. The molecule has 1 aromatic heterocycles. The second kappa shape index (κ2) is 3.37. The molecule has 1 atom stereocenters. The van der Waals surface area contributed by atoms with Gasteiger partial charge in [0.1, 0.15) is 0 Å². The van der Waals surface area contributed by atoms with Crippen LogP contribution in [0.3, 0.4) is 0 Å². The van der Waals surface area contributed by atoms with Crippen molar-refractivity contribution in [1.29, 1.82) is 0 Å². The van der Waals surface area contributed by atoms with Gasteiger partial charge in [0.2, 0.25) is 0 Å². The third-order valence-electron chi connectivity index (χ3n) is 2.47. The lowest BCUT2D eigenvalue weighted by molar-refractivity contribution is 0.0426. The largest absolute Gasteiger partial charge is 0.478 e. The molecule has 0 fully saturated rings. The number of hydrogen-bond acceptors (Lipinski definition) is 3. The standard InChI is InChI=1S/C10H12O3S/c1-5-3-7-8(4-13-5)14-6(2)9(7)10(11)12/h5H,3-4H2,1-2H3,(H,11,12). The van der Waals surface area contributed by atoms with Gasteiger partial charge in [0.25, 0.3) is 0 Å². The van der Waals surface area contributed by atoms with Crippen molar-refractivity contribution in [1.82, 2.24) is 0 Å². The molecule has 0 aliphatic carbocycles. The maximum absolute atomic E-state index is 11.0. The number of hydrogen-bond donors (Lipinski definition) is 1. The maximum Gasteiger partial charge on any atom is 0.337 e. The van der Waals surface area contributed by atoms with E-state index in [1.807, 2.05) is 13.8 Å². The van der Waals surface area contributed by atoms with E-state index in [0.29, 0.717) is 12.2 Å². The van der Waals surface area contributed by atoms with Crippen molar-refractivity contribution in [2.75, 3.05) is 0 Å². The van der Waals surface area contributed by atoms with E-state index in [0.717, 1.165) is 21.7 Å². The van der Waals surface area contributed by atoms with Crippen LogP contribution in [0.2, 0.25) is 0 Å². The van der Waals surface area contributed by atoms with Crippen LogP contribution in [0.25, 0.3) is 0 Å². The number of carboxylic acids is 1. The number of ether oxygens (including phenoxy) is 1. The van der Waals surface area contributed by atoms with E-state index in [9.17, 15) is 4.79 Å². The fraction of sp³-hybridized carbons (Fsp3) is 0.500. The van der Waals surface area contributed by atoms with Crippen LogP contribution in [0.5, 0.6) is 0 Å². The summed E-state index contributed by atoms with van der Waals surface area (Å²) in [5, 5.41) is 9.06. The molecule has 1 N–H and O–H groups in total. The van der Waals surface area contributed by atoms with Crippen molar-refractivity contribution in [3.05, 3.63) is 20.9 Å². The minimum absolute atomic E-state index is 0.134. The molecule has 0 radical (unpaired) electrons. The van der Waals surface area contributed by atoms with Gasteiger partial charge in [-0.2, -0.15) is 0 Å². The molecule has 4 heteroatoms. The molecule has 0 spiro atoms. The van der Waals surface area contributed by atoms with E-state index in [-0.39, 0.29) is 6.10 Å². The monoisotopic (exact) mass is 212 g/mol. The van der Waals surface area contributed by atoms with Crippen molar-refractivity contribution in [2.24, 2.45) is 0 Å². The van der Waals surface area contributed by atoms with Gasteiger partial charge in [-0.3, -0.25) is 0 Å². The Labute approximate surface area is 86.3 Å². The predicted octanol–water partition coefficient (Wildman–Crippen LogP) is 2.22. The number of aromatic carboxylic acids is 1. The van der Waals surface area contributed by atoms with E-state index >= 15 is 0 Å². The highest BCUT2D eigenvalue weighted by Crippen LogP contribution is 2.33. The Morgan fingerprint density at radius 3 is 3.00 bits per heavy atom. The summed E-state index contributed by atoms with van der Waals surface area (Å²) in [6.07, 6.45) is 0.857. The summed E-state index contributed by atoms with van der Waals surface area (Å²) >= 11 is 1.54. The van der Waals surface area contributed by atoms with Crippen LogP contribution in [0.4, 0.5) is 0 Å². The van der Waals surface area contributed by atoms with Gasteiger partial charge in [-0.15, -0.1) is 11.3 Å². The Morgan fingerprint density at radius 2 is 2.36 bits per heavy atom. The van der Waals surface area contributed by atoms with E-state index < -0.39 is 5.97 Å². The van der Waals surface area contributed by atoms with Gasteiger partial charge < -0.3 is 9.84 Å². The third kappa shape index (κ3) is 1.44. The molecule has 0 aromatic carbocycles. The van der Waals surface area contributed by atoms with E-state index in [2.05, 4.69) is 0 Å². The molecule has 14 heavy (non-hydrogen) atoms. The smallest absolute Gasteiger partial charge is 0.337 e.